The summed E-state index contributed by atoms with van der Waals surface area (Å²) >= 11 is 12.0. The van der Waals surface area contributed by atoms with Gasteiger partial charge in [-0.3, -0.25) is 4.79 Å². The SMILES string of the molecule is CC1CCCC(C)N1C(=O)/C=C/c1ccc(Cl)cc1Cl. The van der Waals surface area contributed by atoms with Gasteiger partial charge in [-0.15, -0.1) is 0 Å². The van der Waals surface area contributed by atoms with E-state index in [0.717, 1.165) is 18.4 Å². The fourth-order valence-corrected chi connectivity index (χ4v) is 3.21. The number of halogens is 2. The van der Waals surface area contributed by atoms with Crippen LogP contribution in [-0.4, -0.2) is 22.9 Å². The molecule has 20 heavy (non-hydrogen) atoms. The predicted molar refractivity (Wildman–Crippen MR) is 85.1 cm³/mol. The van der Waals surface area contributed by atoms with Crippen molar-refractivity contribution in [2.75, 3.05) is 0 Å². The number of benzene rings is 1. The van der Waals surface area contributed by atoms with E-state index in [0.29, 0.717) is 22.1 Å². The minimum absolute atomic E-state index is 0.0516. The van der Waals surface area contributed by atoms with E-state index in [2.05, 4.69) is 13.8 Å². The van der Waals surface area contributed by atoms with Crippen LogP contribution in [0.5, 0.6) is 0 Å². The molecule has 0 spiro atoms. The maximum Gasteiger partial charge on any atom is 0.247 e. The molecular formula is C16H19Cl2NO. The molecule has 1 saturated heterocycles. The lowest BCUT2D eigenvalue weighted by Crippen LogP contribution is -2.46. The second-order valence-electron chi connectivity index (χ2n) is 5.37. The first-order chi connectivity index (χ1) is 9.49. The average Bonchev–Trinajstić information content (AvgIpc) is 2.37. The monoisotopic (exact) mass is 311 g/mol. The second kappa shape index (κ2) is 6.64. The van der Waals surface area contributed by atoms with E-state index < -0.39 is 0 Å². The zero-order chi connectivity index (χ0) is 14.7. The quantitative estimate of drug-likeness (QED) is 0.719. The largest absolute Gasteiger partial charge is 0.334 e. The molecule has 0 aromatic heterocycles. The molecule has 2 unspecified atom stereocenters. The summed E-state index contributed by atoms with van der Waals surface area (Å²) in [4.78, 5) is 14.3. The van der Waals surface area contributed by atoms with Crippen molar-refractivity contribution in [2.24, 2.45) is 0 Å². The van der Waals surface area contributed by atoms with Crippen molar-refractivity contribution < 1.29 is 4.79 Å². The molecule has 1 fully saturated rings. The molecule has 1 amide bonds. The van der Waals surface area contributed by atoms with Gasteiger partial charge < -0.3 is 4.90 Å². The van der Waals surface area contributed by atoms with Gasteiger partial charge in [0.25, 0.3) is 0 Å². The minimum Gasteiger partial charge on any atom is -0.334 e. The lowest BCUT2D eigenvalue weighted by atomic mass is 9.97. The van der Waals surface area contributed by atoms with Crippen LogP contribution in [0.3, 0.4) is 0 Å². The van der Waals surface area contributed by atoms with Gasteiger partial charge in [-0.2, -0.15) is 0 Å². The molecule has 1 aliphatic rings. The van der Waals surface area contributed by atoms with Crippen LogP contribution in [0, 0.1) is 0 Å². The minimum atomic E-state index is 0.0516. The van der Waals surface area contributed by atoms with Gasteiger partial charge in [0, 0.05) is 28.2 Å². The molecule has 0 bridgehead atoms. The Morgan fingerprint density at radius 3 is 2.50 bits per heavy atom. The predicted octanol–water partition coefficient (Wildman–Crippen LogP) is 4.80. The van der Waals surface area contributed by atoms with Crippen molar-refractivity contribution in [2.45, 2.75) is 45.2 Å². The van der Waals surface area contributed by atoms with E-state index in [1.165, 1.54) is 6.42 Å². The van der Waals surface area contributed by atoms with Crippen molar-refractivity contribution in [3.8, 4) is 0 Å². The highest BCUT2D eigenvalue weighted by molar-refractivity contribution is 6.35. The van der Waals surface area contributed by atoms with Gasteiger partial charge in [0.2, 0.25) is 5.91 Å². The number of nitrogens with zero attached hydrogens (tertiary/aromatic N) is 1. The Morgan fingerprint density at radius 2 is 1.90 bits per heavy atom. The molecule has 0 N–H and O–H groups in total. The Balaban J connectivity index is 2.12. The summed E-state index contributed by atoms with van der Waals surface area (Å²) in [5.41, 5.74) is 0.807. The molecule has 0 aliphatic carbocycles. The summed E-state index contributed by atoms with van der Waals surface area (Å²) < 4.78 is 0. The van der Waals surface area contributed by atoms with Crippen molar-refractivity contribution in [3.63, 3.8) is 0 Å². The van der Waals surface area contributed by atoms with E-state index in [9.17, 15) is 4.79 Å². The number of carbonyl (C=O) groups is 1. The highest BCUT2D eigenvalue weighted by atomic mass is 35.5. The smallest absolute Gasteiger partial charge is 0.247 e. The number of likely N-dealkylation sites (tertiary alicyclic amines) is 1. The van der Waals surface area contributed by atoms with Gasteiger partial charge in [0.15, 0.2) is 0 Å². The number of hydrogen-bond acceptors (Lipinski definition) is 1. The van der Waals surface area contributed by atoms with E-state index in [1.807, 2.05) is 11.0 Å². The molecule has 1 aromatic rings. The average molecular weight is 312 g/mol. The number of piperidine rings is 1. The number of carbonyl (C=O) groups excluding carboxylic acids is 1. The first kappa shape index (κ1) is 15.4. The summed E-state index contributed by atoms with van der Waals surface area (Å²) in [5.74, 6) is 0.0516. The van der Waals surface area contributed by atoms with Gasteiger partial charge in [-0.25, -0.2) is 0 Å². The van der Waals surface area contributed by atoms with Gasteiger partial charge in [-0.05, 0) is 56.9 Å². The molecule has 2 atom stereocenters. The lowest BCUT2D eigenvalue weighted by Gasteiger charge is -2.38. The van der Waals surface area contributed by atoms with Crippen LogP contribution >= 0.6 is 23.2 Å². The van der Waals surface area contributed by atoms with Crippen LogP contribution in [-0.2, 0) is 4.79 Å². The normalized spacial score (nSPS) is 23.3. The standard InChI is InChI=1S/C16H19Cl2NO/c1-11-4-3-5-12(2)19(11)16(20)9-7-13-6-8-14(17)10-15(13)18/h6-12H,3-5H2,1-2H3/b9-7+. The van der Waals surface area contributed by atoms with Crippen LogP contribution < -0.4 is 0 Å². The van der Waals surface area contributed by atoms with Gasteiger partial charge in [0.1, 0.15) is 0 Å². The van der Waals surface area contributed by atoms with Crippen LogP contribution in [0.25, 0.3) is 6.08 Å². The molecule has 1 aliphatic heterocycles. The van der Waals surface area contributed by atoms with Crippen LogP contribution in [0.1, 0.15) is 38.7 Å². The fourth-order valence-electron chi connectivity index (χ4n) is 2.74. The van der Waals surface area contributed by atoms with Crippen LogP contribution in [0.4, 0.5) is 0 Å². The second-order valence-corrected chi connectivity index (χ2v) is 6.22. The third kappa shape index (κ3) is 3.56. The van der Waals surface area contributed by atoms with Crippen LogP contribution in [0.2, 0.25) is 10.0 Å². The van der Waals surface area contributed by atoms with Gasteiger partial charge in [-0.1, -0.05) is 29.3 Å². The van der Waals surface area contributed by atoms with E-state index in [-0.39, 0.29) is 5.91 Å². The third-order valence-corrected chi connectivity index (χ3v) is 4.38. The molecule has 2 rings (SSSR count). The van der Waals surface area contributed by atoms with Crippen molar-refractivity contribution in [1.29, 1.82) is 0 Å². The number of amides is 1. The zero-order valence-corrected chi connectivity index (χ0v) is 13.3. The summed E-state index contributed by atoms with van der Waals surface area (Å²) in [6.45, 7) is 4.22. The fraction of sp³-hybridized carbons (Fsp3) is 0.438. The maximum atomic E-state index is 12.3. The maximum absolute atomic E-state index is 12.3. The van der Waals surface area contributed by atoms with Crippen molar-refractivity contribution >= 4 is 35.2 Å². The van der Waals surface area contributed by atoms with Crippen molar-refractivity contribution in [1.82, 2.24) is 4.90 Å². The first-order valence-corrected chi connectivity index (χ1v) is 7.70. The van der Waals surface area contributed by atoms with Crippen LogP contribution in [0.15, 0.2) is 24.3 Å². The molecule has 108 valence electrons. The molecule has 1 aromatic carbocycles. The Bertz CT molecular complexity index is 517. The third-order valence-electron chi connectivity index (χ3n) is 3.82. The van der Waals surface area contributed by atoms with Crippen molar-refractivity contribution in [3.05, 3.63) is 39.9 Å². The zero-order valence-electron chi connectivity index (χ0n) is 11.8. The molecule has 1 heterocycles. The van der Waals surface area contributed by atoms with E-state index in [4.69, 9.17) is 23.2 Å². The molecule has 2 nitrogen and oxygen atoms in total. The Morgan fingerprint density at radius 1 is 1.25 bits per heavy atom. The molecular weight excluding hydrogens is 293 g/mol. The Labute approximate surface area is 130 Å². The Hall–Kier alpha value is -0.990. The number of hydrogen-bond donors (Lipinski definition) is 0. The Kier molecular flexibility index (Phi) is 5.11. The highest BCUT2D eigenvalue weighted by Crippen LogP contribution is 2.24. The summed E-state index contributed by atoms with van der Waals surface area (Å²) in [7, 11) is 0. The highest BCUT2D eigenvalue weighted by Gasteiger charge is 2.27. The van der Waals surface area contributed by atoms with E-state index in [1.54, 1.807) is 24.3 Å². The molecule has 0 saturated carbocycles. The lowest BCUT2D eigenvalue weighted by molar-refractivity contribution is -0.131. The topological polar surface area (TPSA) is 20.3 Å². The summed E-state index contributed by atoms with van der Waals surface area (Å²) in [5, 5.41) is 1.15. The summed E-state index contributed by atoms with van der Waals surface area (Å²) in [6.07, 6.45) is 6.71. The number of rotatable bonds is 2. The van der Waals surface area contributed by atoms with Gasteiger partial charge >= 0.3 is 0 Å². The summed E-state index contributed by atoms with van der Waals surface area (Å²) in [6, 6.07) is 5.87. The molecule has 0 radical (unpaired) electrons. The van der Waals surface area contributed by atoms with E-state index >= 15 is 0 Å². The molecule has 4 heteroatoms. The van der Waals surface area contributed by atoms with Gasteiger partial charge in [0.05, 0.1) is 0 Å². The first-order valence-electron chi connectivity index (χ1n) is 6.94.